The van der Waals surface area contributed by atoms with Crippen LogP contribution in [0.3, 0.4) is 0 Å². The molecular weight excluding hydrogens is 281 g/mol. The highest BCUT2D eigenvalue weighted by Gasteiger charge is 2.34. The smallest absolute Gasteiger partial charge is 0.123 e. The second kappa shape index (κ2) is 6.52. The molecule has 1 atom stereocenters. The summed E-state index contributed by atoms with van der Waals surface area (Å²) in [6.45, 7) is 6.36. The summed E-state index contributed by atoms with van der Waals surface area (Å²) in [5, 5.41) is 10.8. The fourth-order valence-corrected chi connectivity index (χ4v) is 3.70. The number of likely N-dealkylation sites (tertiary alicyclic amines) is 1. The number of halogens is 1. The standard InChI is InChI=1S/C17H26FN3O/c1-19-8-2-7-17(22,13-19)14-20-9-11-21(12-10-20)16-5-3-15(18)4-6-16/h3-6,22H,2,7-14H2,1H3/t17-/m0/s1. The first kappa shape index (κ1) is 15.7. The van der Waals surface area contributed by atoms with Crippen molar-refractivity contribution in [1.82, 2.24) is 9.80 Å². The summed E-state index contributed by atoms with van der Waals surface area (Å²) >= 11 is 0. The Morgan fingerprint density at radius 1 is 1.09 bits per heavy atom. The SMILES string of the molecule is CN1CCC[C@@](O)(CN2CCN(c3ccc(F)cc3)CC2)C1. The van der Waals surface area contributed by atoms with E-state index in [0.29, 0.717) is 0 Å². The van der Waals surface area contributed by atoms with E-state index < -0.39 is 5.60 Å². The van der Waals surface area contributed by atoms with Gasteiger partial charge in [-0.05, 0) is 50.7 Å². The van der Waals surface area contributed by atoms with E-state index in [9.17, 15) is 9.50 Å². The van der Waals surface area contributed by atoms with Crippen LogP contribution in [0.15, 0.2) is 24.3 Å². The monoisotopic (exact) mass is 307 g/mol. The number of benzene rings is 1. The second-order valence-electron chi connectivity index (χ2n) is 6.81. The van der Waals surface area contributed by atoms with E-state index in [1.165, 1.54) is 12.1 Å². The number of piperazine rings is 1. The quantitative estimate of drug-likeness (QED) is 0.914. The Labute approximate surface area is 132 Å². The average molecular weight is 307 g/mol. The van der Waals surface area contributed by atoms with Gasteiger partial charge in [0.25, 0.3) is 0 Å². The number of aliphatic hydroxyl groups is 1. The summed E-state index contributed by atoms with van der Waals surface area (Å²) in [5.41, 5.74) is 0.516. The zero-order valence-corrected chi connectivity index (χ0v) is 13.3. The molecular formula is C17H26FN3O. The van der Waals surface area contributed by atoms with Crippen LogP contribution >= 0.6 is 0 Å². The zero-order valence-electron chi connectivity index (χ0n) is 13.3. The van der Waals surface area contributed by atoms with Gasteiger partial charge in [0.15, 0.2) is 0 Å². The molecule has 122 valence electrons. The Hall–Kier alpha value is -1.17. The maximum absolute atomic E-state index is 13.0. The van der Waals surface area contributed by atoms with Gasteiger partial charge in [-0.3, -0.25) is 4.90 Å². The van der Waals surface area contributed by atoms with Crippen molar-refractivity contribution in [1.29, 1.82) is 0 Å². The molecule has 0 saturated carbocycles. The molecule has 2 aliphatic heterocycles. The van der Waals surface area contributed by atoms with Crippen LogP contribution in [0.2, 0.25) is 0 Å². The lowest BCUT2D eigenvalue weighted by molar-refractivity contribution is -0.0478. The Kier molecular flexibility index (Phi) is 4.66. The van der Waals surface area contributed by atoms with Crippen LogP contribution in [0.1, 0.15) is 12.8 Å². The van der Waals surface area contributed by atoms with Crippen LogP contribution in [0.5, 0.6) is 0 Å². The second-order valence-corrected chi connectivity index (χ2v) is 6.81. The first-order chi connectivity index (χ1) is 10.5. The van der Waals surface area contributed by atoms with E-state index in [2.05, 4.69) is 21.7 Å². The number of piperidine rings is 1. The van der Waals surface area contributed by atoms with E-state index >= 15 is 0 Å². The van der Waals surface area contributed by atoms with E-state index in [1.54, 1.807) is 0 Å². The van der Waals surface area contributed by atoms with Gasteiger partial charge in [0, 0.05) is 45.0 Å². The molecule has 5 heteroatoms. The van der Waals surface area contributed by atoms with Crippen LogP contribution in [-0.4, -0.2) is 73.4 Å². The number of hydrogen-bond donors (Lipinski definition) is 1. The third-order valence-corrected chi connectivity index (χ3v) is 4.83. The first-order valence-corrected chi connectivity index (χ1v) is 8.18. The Bertz CT molecular complexity index is 487. The fraction of sp³-hybridized carbons (Fsp3) is 0.647. The lowest BCUT2D eigenvalue weighted by atomic mass is 9.92. The number of rotatable bonds is 3. The highest BCUT2D eigenvalue weighted by Crippen LogP contribution is 2.23. The molecule has 2 saturated heterocycles. The third-order valence-electron chi connectivity index (χ3n) is 4.83. The fourth-order valence-electron chi connectivity index (χ4n) is 3.70. The minimum Gasteiger partial charge on any atom is -0.387 e. The summed E-state index contributed by atoms with van der Waals surface area (Å²) in [6, 6.07) is 6.72. The molecule has 0 spiro atoms. The summed E-state index contributed by atoms with van der Waals surface area (Å²) < 4.78 is 13.0. The van der Waals surface area contributed by atoms with E-state index in [1.807, 2.05) is 12.1 Å². The molecule has 2 fully saturated rings. The molecule has 0 aromatic heterocycles. The normalized spacial score (nSPS) is 28.0. The van der Waals surface area contributed by atoms with Gasteiger partial charge >= 0.3 is 0 Å². The van der Waals surface area contributed by atoms with Gasteiger partial charge in [-0.25, -0.2) is 4.39 Å². The predicted molar refractivity (Wildman–Crippen MR) is 86.7 cm³/mol. The van der Waals surface area contributed by atoms with Gasteiger partial charge in [-0.2, -0.15) is 0 Å². The number of β-amino-alcohol motifs (C(OH)–C–C–N with tert-alkyl or cyclic N) is 1. The van der Waals surface area contributed by atoms with E-state index in [0.717, 1.165) is 64.3 Å². The van der Waals surface area contributed by atoms with Crippen LogP contribution in [0.4, 0.5) is 10.1 Å². The molecule has 0 aliphatic carbocycles. The minimum absolute atomic E-state index is 0.189. The minimum atomic E-state index is -0.564. The molecule has 2 aliphatic rings. The summed E-state index contributed by atoms with van der Waals surface area (Å²) in [7, 11) is 2.08. The molecule has 1 aromatic carbocycles. The van der Waals surface area contributed by atoms with Crippen LogP contribution < -0.4 is 4.90 Å². The van der Waals surface area contributed by atoms with Gasteiger partial charge in [0.2, 0.25) is 0 Å². The van der Waals surface area contributed by atoms with Crippen molar-refractivity contribution < 1.29 is 9.50 Å². The van der Waals surface area contributed by atoms with Gasteiger partial charge in [0.1, 0.15) is 5.82 Å². The summed E-state index contributed by atoms with van der Waals surface area (Å²) in [5.74, 6) is -0.189. The zero-order chi connectivity index (χ0) is 15.6. The lowest BCUT2D eigenvalue weighted by Gasteiger charge is -2.43. The molecule has 2 heterocycles. The molecule has 22 heavy (non-hydrogen) atoms. The molecule has 0 radical (unpaired) electrons. The molecule has 1 N–H and O–H groups in total. The van der Waals surface area contributed by atoms with Crippen molar-refractivity contribution in [2.24, 2.45) is 0 Å². The highest BCUT2D eigenvalue weighted by atomic mass is 19.1. The van der Waals surface area contributed by atoms with Crippen LogP contribution in [0.25, 0.3) is 0 Å². The maximum atomic E-state index is 13.0. The van der Waals surface area contributed by atoms with Gasteiger partial charge in [-0.15, -0.1) is 0 Å². The van der Waals surface area contributed by atoms with Crippen molar-refractivity contribution >= 4 is 5.69 Å². The number of anilines is 1. The van der Waals surface area contributed by atoms with E-state index in [-0.39, 0.29) is 5.82 Å². The topological polar surface area (TPSA) is 30.0 Å². The molecule has 1 aromatic rings. The molecule has 4 nitrogen and oxygen atoms in total. The average Bonchev–Trinajstić information content (AvgIpc) is 2.48. The van der Waals surface area contributed by atoms with Crippen molar-refractivity contribution in [3.63, 3.8) is 0 Å². The molecule has 0 amide bonds. The van der Waals surface area contributed by atoms with Crippen LogP contribution in [-0.2, 0) is 0 Å². The predicted octanol–water partition coefficient (Wildman–Crippen LogP) is 1.40. The van der Waals surface area contributed by atoms with Crippen molar-refractivity contribution in [2.45, 2.75) is 18.4 Å². The molecule has 0 bridgehead atoms. The summed E-state index contributed by atoms with van der Waals surface area (Å²) in [4.78, 5) is 6.87. The van der Waals surface area contributed by atoms with Crippen molar-refractivity contribution in [3.05, 3.63) is 30.1 Å². The maximum Gasteiger partial charge on any atom is 0.123 e. The summed E-state index contributed by atoms with van der Waals surface area (Å²) in [6.07, 6.45) is 1.97. The number of hydrogen-bond acceptors (Lipinski definition) is 4. The van der Waals surface area contributed by atoms with Gasteiger partial charge < -0.3 is 14.9 Å². The Morgan fingerprint density at radius 2 is 1.77 bits per heavy atom. The highest BCUT2D eigenvalue weighted by molar-refractivity contribution is 5.46. The Morgan fingerprint density at radius 3 is 2.41 bits per heavy atom. The van der Waals surface area contributed by atoms with Crippen LogP contribution in [0, 0.1) is 5.82 Å². The first-order valence-electron chi connectivity index (χ1n) is 8.18. The van der Waals surface area contributed by atoms with E-state index in [4.69, 9.17) is 0 Å². The van der Waals surface area contributed by atoms with Crippen molar-refractivity contribution in [2.75, 3.05) is 57.8 Å². The molecule has 3 rings (SSSR count). The van der Waals surface area contributed by atoms with Crippen molar-refractivity contribution in [3.8, 4) is 0 Å². The Balaban J connectivity index is 1.52. The van der Waals surface area contributed by atoms with Gasteiger partial charge in [0.05, 0.1) is 5.60 Å². The number of likely N-dealkylation sites (N-methyl/N-ethyl adjacent to an activating group) is 1. The molecule has 0 unspecified atom stereocenters. The van der Waals surface area contributed by atoms with Gasteiger partial charge in [-0.1, -0.05) is 0 Å². The largest absolute Gasteiger partial charge is 0.387 e. The lowest BCUT2D eigenvalue weighted by Crippen LogP contribution is -2.56. The number of nitrogens with zero attached hydrogens (tertiary/aromatic N) is 3. The third kappa shape index (κ3) is 3.77.